The lowest BCUT2D eigenvalue weighted by molar-refractivity contribution is 0.213. The summed E-state index contributed by atoms with van der Waals surface area (Å²) < 4.78 is 23.6. The van der Waals surface area contributed by atoms with Crippen LogP contribution in [0.2, 0.25) is 0 Å². The quantitative estimate of drug-likeness (QED) is 0.919. The number of ether oxygens (including phenoxy) is 2. The molecule has 1 aromatic carbocycles. The average Bonchev–Trinajstić information content (AvgIpc) is 2.46. The summed E-state index contributed by atoms with van der Waals surface area (Å²) in [4.78, 5) is 3.91. The molecule has 1 heterocycles. The Morgan fingerprint density at radius 3 is 2.53 bits per heavy atom. The Hall–Kier alpha value is -2.14. The molecule has 2 rings (SSSR count). The zero-order valence-corrected chi connectivity index (χ0v) is 10.6. The smallest absolute Gasteiger partial charge is 0.165 e. The van der Waals surface area contributed by atoms with E-state index in [2.05, 4.69) is 4.98 Å². The van der Waals surface area contributed by atoms with Gasteiger partial charge in [0.15, 0.2) is 11.6 Å². The number of rotatable bonds is 4. The fraction of sp³-hybridized carbons (Fsp3) is 0.214. The van der Waals surface area contributed by atoms with Gasteiger partial charge < -0.3 is 14.6 Å². The van der Waals surface area contributed by atoms with Crippen LogP contribution in [0.25, 0.3) is 0 Å². The number of nitrogens with zero attached hydrogens (tertiary/aromatic N) is 1. The van der Waals surface area contributed by atoms with Gasteiger partial charge >= 0.3 is 0 Å². The Morgan fingerprint density at radius 1 is 1.16 bits per heavy atom. The zero-order chi connectivity index (χ0) is 13.8. The number of benzene rings is 1. The first-order valence-corrected chi connectivity index (χ1v) is 5.66. The molecule has 0 saturated heterocycles. The summed E-state index contributed by atoms with van der Waals surface area (Å²) in [5, 5.41) is 10.3. The second kappa shape index (κ2) is 5.67. The van der Waals surface area contributed by atoms with Crippen molar-refractivity contribution in [1.82, 2.24) is 4.98 Å². The van der Waals surface area contributed by atoms with Crippen LogP contribution in [0.3, 0.4) is 0 Å². The highest BCUT2D eigenvalue weighted by Gasteiger charge is 2.17. The summed E-state index contributed by atoms with van der Waals surface area (Å²) in [6.45, 7) is 0. The van der Waals surface area contributed by atoms with Crippen molar-refractivity contribution in [3.8, 4) is 11.5 Å². The molecular weight excluding hydrogens is 249 g/mol. The van der Waals surface area contributed by atoms with Crippen LogP contribution in [-0.2, 0) is 0 Å². The zero-order valence-electron chi connectivity index (χ0n) is 10.6. The lowest BCUT2D eigenvalue weighted by Crippen LogP contribution is -2.03. The molecule has 5 heteroatoms. The van der Waals surface area contributed by atoms with E-state index in [9.17, 15) is 9.50 Å². The van der Waals surface area contributed by atoms with Crippen LogP contribution >= 0.6 is 0 Å². The van der Waals surface area contributed by atoms with E-state index in [1.807, 2.05) is 0 Å². The molecule has 1 aromatic heterocycles. The minimum Gasteiger partial charge on any atom is -0.495 e. The molecule has 19 heavy (non-hydrogen) atoms. The number of hydrogen-bond donors (Lipinski definition) is 1. The molecule has 1 unspecified atom stereocenters. The maximum Gasteiger partial charge on any atom is 0.165 e. The fourth-order valence-corrected chi connectivity index (χ4v) is 1.82. The average molecular weight is 263 g/mol. The minimum absolute atomic E-state index is 0.137. The van der Waals surface area contributed by atoms with Crippen molar-refractivity contribution < 1.29 is 19.0 Å². The number of aromatic nitrogens is 1. The molecule has 100 valence electrons. The van der Waals surface area contributed by atoms with E-state index in [1.54, 1.807) is 18.3 Å². The summed E-state index contributed by atoms with van der Waals surface area (Å²) in [6.07, 6.45) is 2.05. The molecule has 0 saturated carbocycles. The largest absolute Gasteiger partial charge is 0.495 e. The number of aliphatic hydroxyl groups excluding tert-OH is 1. The Bertz CT molecular complexity index is 574. The Kier molecular flexibility index (Phi) is 3.97. The van der Waals surface area contributed by atoms with Crippen molar-refractivity contribution in [3.05, 3.63) is 53.6 Å². The standard InChI is InChI=1S/C14H14FNO3/c1-18-12-4-3-9(7-11(12)15)14(17)10-5-6-16-8-13(10)19-2/h3-8,14,17H,1-2H3. The van der Waals surface area contributed by atoms with Gasteiger partial charge in [-0.25, -0.2) is 4.39 Å². The first-order chi connectivity index (χ1) is 9.17. The summed E-state index contributed by atoms with van der Waals surface area (Å²) in [5.41, 5.74) is 0.949. The molecule has 0 aliphatic rings. The van der Waals surface area contributed by atoms with E-state index in [1.165, 1.54) is 32.5 Å². The highest BCUT2D eigenvalue weighted by atomic mass is 19.1. The number of pyridine rings is 1. The van der Waals surface area contributed by atoms with E-state index in [0.717, 1.165) is 0 Å². The molecule has 0 spiro atoms. The molecule has 4 nitrogen and oxygen atoms in total. The van der Waals surface area contributed by atoms with Crippen molar-refractivity contribution in [1.29, 1.82) is 0 Å². The van der Waals surface area contributed by atoms with Gasteiger partial charge in [-0.2, -0.15) is 0 Å². The van der Waals surface area contributed by atoms with Crippen LogP contribution in [0.5, 0.6) is 11.5 Å². The molecule has 0 amide bonds. The molecule has 1 N–H and O–H groups in total. The summed E-state index contributed by atoms with van der Waals surface area (Å²) in [6, 6.07) is 5.95. The van der Waals surface area contributed by atoms with E-state index in [0.29, 0.717) is 16.9 Å². The van der Waals surface area contributed by atoms with Crippen LogP contribution in [0, 0.1) is 5.82 Å². The van der Waals surface area contributed by atoms with Crippen LogP contribution in [0.15, 0.2) is 36.7 Å². The number of halogens is 1. The van der Waals surface area contributed by atoms with Crippen molar-refractivity contribution in [2.24, 2.45) is 0 Å². The van der Waals surface area contributed by atoms with E-state index in [4.69, 9.17) is 9.47 Å². The normalized spacial score (nSPS) is 12.0. The fourth-order valence-electron chi connectivity index (χ4n) is 1.82. The molecule has 2 aromatic rings. The third kappa shape index (κ3) is 2.66. The van der Waals surface area contributed by atoms with Gasteiger partial charge in [0.25, 0.3) is 0 Å². The van der Waals surface area contributed by atoms with E-state index < -0.39 is 11.9 Å². The van der Waals surface area contributed by atoms with Gasteiger partial charge in [-0.05, 0) is 23.8 Å². The number of methoxy groups -OCH3 is 2. The molecule has 0 radical (unpaired) electrons. The van der Waals surface area contributed by atoms with Gasteiger partial charge in [-0.15, -0.1) is 0 Å². The molecule has 0 fully saturated rings. The number of hydrogen-bond acceptors (Lipinski definition) is 4. The van der Waals surface area contributed by atoms with E-state index >= 15 is 0 Å². The Morgan fingerprint density at radius 2 is 1.89 bits per heavy atom. The van der Waals surface area contributed by atoms with Gasteiger partial charge in [0, 0.05) is 11.8 Å². The summed E-state index contributed by atoms with van der Waals surface area (Å²) in [7, 11) is 2.88. The molecule has 0 aliphatic carbocycles. The van der Waals surface area contributed by atoms with Gasteiger partial charge in [0.1, 0.15) is 11.9 Å². The lowest BCUT2D eigenvalue weighted by atomic mass is 10.0. The predicted molar refractivity (Wildman–Crippen MR) is 67.8 cm³/mol. The second-order valence-corrected chi connectivity index (χ2v) is 3.91. The molecule has 0 bridgehead atoms. The first kappa shape index (κ1) is 13.3. The van der Waals surface area contributed by atoms with Gasteiger partial charge in [0.2, 0.25) is 0 Å². The van der Waals surface area contributed by atoms with Crippen LogP contribution in [0.1, 0.15) is 17.2 Å². The summed E-state index contributed by atoms with van der Waals surface area (Å²) in [5.74, 6) is 0.0657. The third-order valence-electron chi connectivity index (χ3n) is 2.82. The minimum atomic E-state index is -0.988. The van der Waals surface area contributed by atoms with Crippen molar-refractivity contribution in [2.75, 3.05) is 14.2 Å². The maximum absolute atomic E-state index is 13.6. The van der Waals surface area contributed by atoms with E-state index in [-0.39, 0.29) is 5.75 Å². The number of aliphatic hydroxyl groups is 1. The molecule has 1 atom stereocenters. The van der Waals surface area contributed by atoms with Gasteiger partial charge in [0.05, 0.1) is 20.4 Å². The second-order valence-electron chi connectivity index (χ2n) is 3.91. The topological polar surface area (TPSA) is 51.6 Å². The highest BCUT2D eigenvalue weighted by Crippen LogP contribution is 2.30. The van der Waals surface area contributed by atoms with Crippen molar-refractivity contribution in [3.63, 3.8) is 0 Å². The first-order valence-electron chi connectivity index (χ1n) is 5.66. The van der Waals surface area contributed by atoms with Crippen molar-refractivity contribution >= 4 is 0 Å². The van der Waals surface area contributed by atoms with Crippen molar-refractivity contribution in [2.45, 2.75) is 6.10 Å². The predicted octanol–water partition coefficient (Wildman–Crippen LogP) is 2.32. The summed E-state index contributed by atoms with van der Waals surface area (Å²) >= 11 is 0. The monoisotopic (exact) mass is 263 g/mol. The lowest BCUT2D eigenvalue weighted by Gasteiger charge is -2.15. The Labute approximate surface area is 110 Å². The van der Waals surface area contributed by atoms with Crippen LogP contribution in [-0.4, -0.2) is 24.3 Å². The van der Waals surface area contributed by atoms with Gasteiger partial charge in [-0.1, -0.05) is 6.07 Å². The Balaban J connectivity index is 2.38. The maximum atomic E-state index is 13.6. The molecular formula is C14H14FNO3. The van der Waals surface area contributed by atoms with Gasteiger partial charge in [-0.3, -0.25) is 4.98 Å². The highest BCUT2D eigenvalue weighted by molar-refractivity contribution is 5.40. The van der Waals surface area contributed by atoms with Crippen LogP contribution in [0.4, 0.5) is 4.39 Å². The third-order valence-corrected chi connectivity index (χ3v) is 2.82. The van der Waals surface area contributed by atoms with Crippen LogP contribution < -0.4 is 9.47 Å². The molecule has 0 aliphatic heterocycles. The SMILES string of the molecule is COc1ccc(C(O)c2ccncc2OC)cc1F.